The number of halogens is 2. The Morgan fingerprint density at radius 3 is 2.21 bits per heavy atom. The minimum atomic E-state index is -2.28. The third-order valence-electron chi connectivity index (χ3n) is 2.19. The predicted molar refractivity (Wildman–Crippen MR) is 41.8 cm³/mol. The fraction of sp³-hybridized carbons (Fsp3) is 0.875. The minimum Gasteiger partial charge on any atom is -0.437 e. The summed E-state index contributed by atoms with van der Waals surface area (Å²) in [5.41, 5.74) is 0. The predicted octanol–water partition coefficient (Wildman–Crippen LogP) is 1.67. The second-order valence-corrected chi connectivity index (χ2v) is 3.18. The van der Waals surface area contributed by atoms with Crippen molar-refractivity contribution in [2.75, 3.05) is 0 Å². The smallest absolute Gasteiger partial charge is 0.437 e. The summed E-state index contributed by atoms with van der Waals surface area (Å²) in [5.74, 6) is 0. The van der Waals surface area contributed by atoms with E-state index in [0.29, 0.717) is 25.7 Å². The quantitative estimate of drug-likeness (QED) is 0.568. The van der Waals surface area contributed by atoms with Crippen molar-refractivity contribution in [1.82, 2.24) is 0 Å². The summed E-state index contributed by atoms with van der Waals surface area (Å²) in [6, 6.07) is 0. The van der Waals surface area contributed by atoms with E-state index in [1.165, 1.54) is 0 Å². The average Bonchev–Trinajstić information content (AvgIpc) is 2.06. The first-order chi connectivity index (χ1) is 6.58. The number of rotatable bonds is 3. The van der Waals surface area contributed by atoms with Crippen LogP contribution in [0.3, 0.4) is 0 Å². The molecule has 0 spiro atoms. The van der Waals surface area contributed by atoms with Crippen LogP contribution in [0, 0.1) is 0 Å². The maximum atomic E-state index is 12.0. The minimum absolute atomic E-state index is 0.385. The van der Waals surface area contributed by atoms with E-state index >= 15 is 0 Å². The van der Waals surface area contributed by atoms with E-state index in [1.807, 2.05) is 0 Å². The number of aliphatic hydroxyl groups is 1. The van der Waals surface area contributed by atoms with E-state index in [2.05, 4.69) is 9.47 Å². The normalized spacial score (nSPS) is 29.6. The molecule has 1 atom stereocenters. The summed E-state index contributed by atoms with van der Waals surface area (Å²) in [6.45, 7) is -2.28. The number of alkyl halides is 1. The number of carbonyl (C=O) groups excluding carboxylic acids is 1. The van der Waals surface area contributed by atoms with Gasteiger partial charge in [0, 0.05) is 0 Å². The van der Waals surface area contributed by atoms with E-state index in [0.717, 1.165) is 0 Å². The van der Waals surface area contributed by atoms with Gasteiger partial charge in [0.25, 0.3) is 0 Å². The van der Waals surface area contributed by atoms with Crippen molar-refractivity contribution in [1.29, 1.82) is 0 Å². The SMILES string of the molecule is O=C(F)OC1CCC(OC(O)F)CC1. The molecule has 0 aromatic carbocycles. The summed E-state index contributed by atoms with van der Waals surface area (Å²) in [6.07, 6.45) is -0.897. The highest BCUT2D eigenvalue weighted by Crippen LogP contribution is 2.24. The summed E-state index contributed by atoms with van der Waals surface area (Å²) >= 11 is 0. The summed E-state index contributed by atoms with van der Waals surface area (Å²) < 4.78 is 32.6. The summed E-state index contributed by atoms with van der Waals surface area (Å²) in [5, 5.41) is 8.28. The number of hydrogen-bond acceptors (Lipinski definition) is 4. The second kappa shape index (κ2) is 5.21. The first-order valence-corrected chi connectivity index (χ1v) is 4.41. The molecule has 1 N–H and O–H groups in total. The first-order valence-electron chi connectivity index (χ1n) is 4.41. The van der Waals surface area contributed by atoms with Crippen molar-refractivity contribution in [2.45, 2.75) is 44.4 Å². The van der Waals surface area contributed by atoms with Crippen LogP contribution in [-0.2, 0) is 9.47 Å². The Morgan fingerprint density at radius 2 is 1.79 bits per heavy atom. The highest BCUT2D eigenvalue weighted by molar-refractivity contribution is 5.58. The number of hydrogen-bond donors (Lipinski definition) is 1. The van der Waals surface area contributed by atoms with Crippen LogP contribution in [-0.4, -0.2) is 30.1 Å². The molecule has 0 amide bonds. The van der Waals surface area contributed by atoms with Crippen molar-refractivity contribution in [2.24, 2.45) is 0 Å². The maximum absolute atomic E-state index is 12.0. The lowest BCUT2D eigenvalue weighted by Crippen LogP contribution is -2.29. The largest absolute Gasteiger partial charge is 0.495 e. The van der Waals surface area contributed by atoms with Gasteiger partial charge in [-0.15, -0.1) is 4.39 Å². The molecular formula is C8H12F2O4. The van der Waals surface area contributed by atoms with Gasteiger partial charge in [-0.05, 0) is 25.7 Å². The molecule has 0 aliphatic heterocycles. The van der Waals surface area contributed by atoms with Gasteiger partial charge in [-0.1, -0.05) is 0 Å². The van der Waals surface area contributed by atoms with E-state index in [-0.39, 0.29) is 6.10 Å². The Labute approximate surface area is 79.8 Å². The van der Waals surface area contributed by atoms with Crippen molar-refractivity contribution in [3.05, 3.63) is 0 Å². The Morgan fingerprint density at radius 1 is 1.29 bits per heavy atom. The van der Waals surface area contributed by atoms with E-state index in [4.69, 9.17) is 5.11 Å². The molecule has 1 saturated carbocycles. The van der Waals surface area contributed by atoms with Gasteiger partial charge in [-0.3, -0.25) is 0 Å². The van der Waals surface area contributed by atoms with E-state index in [1.54, 1.807) is 0 Å². The molecule has 1 rings (SSSR count). The van der Waals surface area contributed by atoms with Crippen LogP contribution >= 0.6 is 0 Å². The van der Waals surface area contributed by atoms with Gasteiger partial charge in [0.2, 0.25) is 0 Å². The molecule has 0 aromatic heterocycles. The van der Waals surface area contributed by atoms with Crippen LogP contribution in [0.1, 0.15) is 25.7 Å². The monoisotopic (exact) mass is 210 g/mol. The highest BCUT2D eigenvalue weighted by Gasteiger charge is 2.25. The molecule has 0 heterocycles. The lowest BCUT2D eigenvalue weighted by molar-refractivity contribution is -0.218. The average molecular weight is 210 g/mol. The maximum Gasteiger partial charge on any atom is 0.495 e. The van der Waals surface area contributed by atoms with Gasteiger partial charge in [0.05, 0.1) is 6.10 Å². The standard InChI is InChI=1S/C8H12F2O4/c9-7(11)13-5-1-2-6(4-3-5)14-8(10)12/h5-7,11H,1-4H2. The van der Waals surface area contributed by atoms with Crippen LogP contribution in [0.25, 0.3) is 0 Å². The lowest BCUT2D eigenvalue weighted by Gasteiger charge is -2.27. The van der Waals surface area contributed by atoms with Gasteiger partial charge in [-0.25, -0.2) is 4.79 Å². The van der Waals surface area contributed by atoms with Crippen LogP contribution in [0.15, 0.2) is 0 Å². The van der Waals surface area contributed by atoms with Gasteiger partial charge < -0.3 is 14.6 Å². The van der Waals surface area contributed by atoms with Crippen molar-refractivity contribution in [3.63, 3.8) is 0 Å². The fourth-order valence-electron chi connectivity index (χ4n) is 1.58. The van der Waals surface area contributed by atoms with Crippen molar-refractivity contribution in [3.8, 4) is 0 Å². The summed E-state index contributed by atoms with van der Waals surface area (Å²) in [4.78, 5) is 9.95. The molecular weight excluding hydrogens is 198 g/mol. The van der Waals surface area contributed by atoms with Crippen molar-refractivity contribution < 1.29 is 28.2 Å². The molecule has 1 aliphatic carbocycles. The van der Waals surface area contributed by atoms with E-state index in [9.17, 15) is 13.6 Å². The van der Waals surface area contributed by atoms with E-state index < -0.39 is 18.9 Å². The Hall–Kier alpha value is -0.750. The first kappa shape index (κ1) is 11.3. The fourth-order valence-corrected chi connectivity index (χ4v) is 1.58. The molecule has 0 aromatic rings. The third kappa shape index (κ3) is 3.97. The molecule has 0 radical (unpaired) electrons. The third-order valence-corrected chi connectivity index (χ3v) is 2.19. The highest BCUT2D eigenvalue weighted by atomic mass is 19.2. The number of ether oxygens (including phenoxy) is 2. The topological polar surface area (TPSA) is 55.8 Å². The molecule has 1 aliphatic rings. The second-order valence-electron chi connectivity index (χ2n) is 3.18. The lowest BCUT2D eigenvalue weighted by atomic mass is 9.95. The van der Waals surface area contributed by atoms with Crippen molar-refractivity contribution >= 4 is 6.22 Å². The Balaban J connectivity index is 2.21. The number of carbonyl (C=O) groups is 1. The summed E-state index contributed by atoms with van der Waals surface area (Å²) in [7, 11) is 0. The van der Waals surface area contributed by atoms with Gasteiger partial charge >= 0.3 is 12.8 Å². The molecule has 82 valence electrons. The molecule has 0 saturated heterocycles. The van der Waals surface area contributed by atoms with Crippen LogP contribution in [0.4, 0.5) is 13.6 Å². The molecule has 1 unspecified atom stereocenters. The number of aliphatic hydroxyl groups excluding tert-OH is 1. The molecule has 0 bridgehead atoms. The zero-order chi connectivity index (χ0) is 10.6. The molecule has 14 heavy (non-hydrogen) atoms. The molecule has 1 fully saturated rings. The van der Waals surface area contributed by atoms with Crippen LogP contribution in [0.5, 0.6) is 0 Å². The Bertz CT molecular complexity index is 190. The zero-order valence-electron chi connectivity index (χ0n) is 7.49. The van der Waals surface area contributed by atoms with Gasteiger partial charge in [-0.2, -0.15) is 4.39 Å². The van der Waals surface area contributed by atoms with Crippen LogP contribution < -0.4 is 0 Å². The molecule has 4 nitrogen and oxygen atoms in total. The van der Waals surface area contributed by atoms with Gasteiger partial charge in [0.15, 0.2) is 0 Å². The van der Waals surface area contributed by atoms with Gasteiger partial charge in [0.1, 0.15) is 6.10 Å². The van der Waals surface area contributed by atoms with Crippen LogP contribution in [0.2, 0.25) is 0 Å². The molecule has 6 heteroatoms. The zero-order valence-corrected chi connectivity index (χ0v) is 7.49. The Kier molecular flexibility index (Phi) is 4.21.